The van der Waals surface area contributed by atoms with E-state index < -0.39 is 5.82 Å². The Bertz CT molecular complexity index is 1670. The van der Waals surface area contributed by atoms with Gasteiger partial charge in [-0.25, -0.2) is 24.0 Å². The summed E-state index contributed by atoms with van der Waals surface area (Å²) in [6.07, 6.45) is 4.78. The molecule has 0 radical (unpaired) electrons. The van der Waals surface area contributed by atoms with Crippen molar-refractivity contribution in [1.29, 1.82) is 5.26 Å². The maximum atomic E-state index is 15.0. The summed E-state index contributed by atoms with van der Waals surface area (Å²) in [6, 6.07) is 3.20. The molecule has 12 heteroatoms. The van der Waals surface area contributed by atoms with Crippen LogP contribution in [0.2, 0.25) is 5.02 Å². The van der Waals surface area contributed by atoms with E-state index in [-0.39, 0.29) is 46.5 Å². The quantitative estimate of drug-likeness (QED) is 0.324. The lowest BCUT2D eigenvalue weighted by atomic mass is 10.1. The Kier molecular flexibility index (Phi) is 6.24. The maximum Gasteiger partial charge on any atom is 0.246 e. The van der Waals surface area contributed by atoms with Crippen molar-refractivity contribution < 1.29 is 9.18 Å². The van der Waals surface area contributed by atoms with E-state index in [4.69, 9.17) is 17.3 Å². The maximum absolute atomic E-state index is 15.0. The number of nitrogens with two attached hydrogens (primary N) is 1. The van der Waals surface area contributed by atoms with E-state index >= 15 is 4.39 Å². The number of nitriles is 1. The van der Waals surface area contributed by atoms with Gasteiger partial charge in [-0.05, 0) is 31.4 Å². The highest BCUT2D eigenvalue weighted by Gasteiger charge is 2.37. The third kappa shape index (κ3) is 4.03. The molecule has 0 spiro atoms. The minimum absolute atomic E-state index is 0.114. The summed E-state index contributed by atoms with van der Waals surface area (Å²) >= 11 is 6.32. The van der Waals surface area contributed by atoms with Gasteiger partial charge in [0, 0.05) is 24.7 Å². The molecule has 3 aromatic heterocycles. The highest BCUT2D eigenvalue weighted by molar-refractivity contribution is 6.32. The molecular formula is C25H21ClFN9O. The van der Waals surface area contributed by atoms with Crippen LogP contribution in [-0.4, -0.2) is 52.7 Å². The highest BCUT2D eigenvalue weighted by atomic mass is 35.5. The van der Waals surface area contributed by atoms with Crippen molar-refractivity contribution in [3.8, 4) is 17.9 Å². The molecule has 1 saturated heterocycles. The van der Waals surface area contributed by atoms with E-state index in [1.54, 1.807) is 26.5 Å². The first-order valence-electron chi connectivity index (χ1n) is 11.5. The van der Waals surface area contributed by atoms with E-state index in [0.717, 1.165) is 0 Å². The van der Waals surface area contributed by atoms with Crippen molar-refractivity contribution >= 4 is 45.4 Å². The molecular weight excluding hydrogens is 497 g/mol. The monoisotopic (exact) mass is 517 g/mol. The third-order valence-electron chi connectivity index (χ3n) is 6.48. The molecule has 1 fully saturated rings. The number of hydrogen-bond acceptors (Lipinski definition) is 7. The summed E-state index contributed by atoms with van der Waals surface area (Å²) in [5.41, 5.74) is 7.90. The van der Waals surface area contributed by atoms with Crippen molar-refractivity contribution in [2.75, 3.05) is 12.3 Å². The van der Waals surface area contributed by atoms with Crippen molar-refractivity contribution in [3.05, 3.63) is 53.5 Å². The van der Waals surface area contributed by atoms with Crippen molar-refractivity contribution in [2.24, 2.45) is 0 Å². The van der Waals surface area contributed by atoms with E-state index in [1.165, 1.54) is 12.4 Å². The topological polar surface area (TPSA) is 132 Å². The zero-order valence-corrected chi connectivity index (χ0v) is 20.6. The molecule has 1 amide bonds. The summed E-state index contributed by atoms with van der Waals surface area (Å²) in [6.45, 7) is 6.31. The number of imidazole rings is 1. The van der Waals surface area contributed by atoms with Gasteiger partial charge in [-0.1, -0.05) is 24.1 Å². The standard InChI is InChI=1S/C25H21ClFN9O/c1-3-19(37)35-11-16(10-15(35)7-8-28)36-25-20(24(29)30-12-31-25)17(33-36)6-5-14-9-18-23(22(27)21(14)26)34(4-2)13-32-18/h3,9,12-13,15-16H,1,4,7,10-11H2,2H3,(H2,29,30,31)/t15-,16-/m0/s1. The number of anilines is 1. The Balaban J connectivity index is 1.59. The second-order valence-corrected chi connectivity index (χ2v) is 8.93. The molecule has 0 unspecified atom stereocenters. The van der Waals surface area contributed by atoms with Crippen LogP contribution < -0.4 is 5.73 Å². The van der Waals surface area contributed by atoms with Gasteiger partial charge in [-0.15, -0.1) is 0 Å². The van der Waals surface area contributed by atoms with Crippen LogP contribution in [-0.2, 0) is 11.3 Å². The minimum Gasteiger partial charge on any atom is -0.383 e. The number of aryl methyl sites for hydroxylation is 1. The summed E-state index contributed by atoms with van der Waals surface area (Å²) in [5, 5.41) is 14.2. The van der Waals surface area contributed by atoms with Gasteiger partial charge >= 0.3 is 0 Å². The number of rotatable bonds is 4. The Morgan fingerprint density at radius 3 is 2.92 bits per heavy atom. The van der Waals surface area contributed by atoms with E-state index in [9.17, 15) is 10.1 Å². The third-order valence-corrected chi connectivity index (χ3v) is 6.85. The van der Waals surface area contributed by atoms with Crippen molar-refractivity contribution in [1.82, 2.24) is 34.2 Å². The molecule has 0 bridgehead atoms. The number of carbonyl (C=O) groups excluding carboxylic acids is 1. The first-order valence-corrected chi connectivity index (χ1v) is 11.9. The Morgan fingerprint density at radius 2 is 2.19 bits per heavy atom. The van der Waals surface area contributed by atoms with E-state index in [1.807, 2.05) is 6.92 Å². The summed E-state index contributed by atoms with van der Waals surface area (Å²) in [5.74, 6) is 5.17. The van der Waals surface area contributed by atoms with E-state index in [0.29, 0.717) is 41.6 Å². The summed E-state index contributed by atoms with van der Waals surface area (Å²) < 4.78 is 18.4. The zero-order valence-electron chi connectivity index (χ0n) is 19.8. The van der Waals surface area contributed by atoms with Gasteiger partial charge in [0.05, 0.1) is 40.8 Å². The average molecular weight is 518 g/mol. The second-order valence-electron chi connectivity index (χ2n) is 8.55. The SMILES string of the molecule is C=CC(=O)N1C[C@@H](n2nc(C#Cc3cc4ncn(CC)c4c(F)c3Cl)c3c(N)ncnc32)C[C@@H]1CC#N. The van der Waals surface area contributed by atoms with E-state index in [2.05, 4.69) is 44.5 Å². The zero-order chi connectivity index (χ0) is 26.3. The number of nitrogens with zero attached hydrogens (tertiary/aromatic N) is 8. The van der Waals surface area contributed by atoms with Gasteiger partial charge in [0.1, 0.15) is 23.4 Å². The van der Waals surface area contributed by atoms with Crippen LogP contribution in [0.5, 0.6) is 0 Å². The number of likely N-dealkylation sites (tertiary alicyclic amines) is 1. The number of hydrogen-bond donors (Lipinski definition) is 1. The predicted molar refractivity (Wildman–Crippen MR) is 136 cm³/mol. The number of fused-ring (bicyclic) bond motifs is 2. The summed E-state index contributed by atoms with van der Waals surface area (Å²) in [7, 11) is 0. The molecule has 5 rings (SSSR count). The molecule has 37 heavy (non-hydrogen) atoms. The number of nitrogen functional groups attached to an aromatic ring is 1. The Morgan fingerprint density at radius 1 is 1.38 bits per heavy atom. The normalized spacial score (nSPS) is 17.1. The Hall–Kier alpha value is -4.48. The first-order chi connectivity index (χ1) is 17.9. The molecule has 2 atom stereocenters. The lowest BCUT2D eigenvalue weighted by molar-refractivity contribution is -0.126. The van der Waals surface area contributed by atoms with Crippen LogP contribution in [0.3, 0.4) is 0 Å². The number of amides is 1. The van der Waals surface area contributed by atoms with Crippen LogP contribution >= 0.6 is 11.6 Å². The fourth-order valence-electron chi connectivity index (χ4n) is 4.71. The van der Waals surface area contributed by atoms with Crippen molar-refractivity contribution in [2.45, 2.75) is 38.4 Å². The minimum atomic E-state index is -0.595. The van der Waals surface area contributed by atoms with Gasteiger partial charge in [-0.2, -0.15) is 10.4 Å². The molecule has 0 aliphatic carbocycles. The molecule has 1 aliphatic rings. The van der Waals surface area contributed by atoms with Gasteiger partial charge in [0.15, 0.2) is 11.5 Å². The predicted octanol–water partition coefficient (Wildman–Crippen LogP) is 3.21. The van der Waals surface area contributed by atoms with Gasteiger partial charge in [-0.3, -0.25) is 4.79 Å². The smallest absolute Gasteiger partial charge is 0.246 e. The van der Waals surface area contributed by atoms with Gasteiger partial charge in [0.25, 0.3) is 0 Å². The second kappa shape index (κ2) is 9.52. The average Bonchev–Trinajstić information content (AvgIpc) is 3.60. The number of aromatic nitrogens is 6. The van der Waals surface area contributed by atoms with Gasteiger partial charge in [0.2, 0.25) is 5.91 Å². The van der Waals surface area contributed by atoms with Crippen LogP contribution in [0.25, 0.3) is 22.1 Å². The van der Waals surface area contributed by atoms with Crippen LogP contribution in [0.15, 0.2) is 31.4 Å². The number of carbonyl (C=O) groups is 1. The lowest BCUT2D eigenvalue weighted by Gasteiger charge is -2.20. The summed E-state index contributed by atoms with van der Waals surface area (Å²) in [4.78, 5) is 26.7. The number of benzene rings is 1. The lowest BCUT2D eigenvalue weighted by Crippen LogP contribution is -2.34. The van der Waals surface area contributed by atoms with Crippen LogP contribution in [0.4, 0.5) is 10.2 Å². The van der Waals surface area contributed by atoms with Crippen LogP contribution in [0, 0.1) is 29.0 Å². The molecule has 4 aromatic rings. The molecule has 1 aromatic carbocycles. The largest absolute Gasteiger partial charge is 0.383 e. The molecule has 10 nitrogen and oxygen atoms in total. The van der Waals surface area contributed by atoms with Gasteiger partial charge < -0.3 is 15.2 Å². The number of halogens is 2. The molecule has 186 valence electrons. The highest BCUT2D eigenvalue weighted by Crippen LogP contribution is 2.33. The molecule has 2 N–H and O–H groups in total. The fourth-order valence-corrected chi connectivity index (χ4v) is 4.91. The first kappa shape index (κ1) is 24.2. The Labute approximate surface area is 216 Å². The molecule has 4 heterocycles. The fraction of sp³-hybridized carbons (Fsp3) is 0.280. The van der Waals surface area contributed by atoms with Crippen molar-refractivity contribution in [3.63, 3.8) is 0 Å². The van der Waals surface area contributed by atoms with Crippen LogP contribution in [0.1, 0.15) is 37.1 Å². The molecule has 1 aliphatic heterocycles. The molecule has 0 saturated carbocycles.